The molecule has 0 aromatic heterocycles. The smallest absolute Gasteiger partial charge is 0 e. The van der Waals surface area contributed by atoms with Crippen LogP contribution in [0.1, 0.15) is 0 Å². The quantitative estimate of drug-likeness (QED) is 0.365. The van der Waals surface area contributed by atoms with E-state index in [1.807, 2.05) is 0 Å². The number of hydrogen-bond donors (Lipinski definition) is 0. The average molecular weight is 392 g/mol. The normalized spacial score (nSPS) is 0. The second-order valence-corrected chi connectivity index (χ2v) is 0. The van der Waals surface area contributed by atoms with Gasteiger partial charge in [0.1, 0.15) is 0 Å². The maximum absolute atomic E-state index is 0. The molecule has 0 heterocycles. The van der Waals surface area contributed by atoms with E-state index in [0.29, 0.717) is 0 Å². The molecule has 8 N–H and O–H groups in total. The molecule has 8 heteroatoms. The van der Waals surface area contributed by atoms with Crippen molar-refractivity contribution in [1.29, 1.82) is 0 Å². The van der Waals surface area contributed by atoms with Crippen molar-refractivity contribution in [3.63, 3.8) is 0 Å². The molecule has 1 radical (unpaired) electrons. The minimum atomic E-state index is 0. The van der Waals surface area contributed by atoms with Gasteiger partial charge in [0, 0.05) is 36.5 Å². The van der Waals surface area contributed by atoms with Crippen molar-refractivity contribution in [1.82, 2.24) is 0 Å². The average Bonchev–Trinajstić information content (AvgIpc) is 0. The van der Waals surface area contributed by atoms with Gasteiger partial charge in [-0.05, 0) is 0 Å². The third-order valence-corrected chi connectivity index (χ3v) is 0. The van der Waals surface area contributed by atoms with Gasteiger partial charge in [0.2, 0.25) is 0 Å². The first-order chi connectivity index (χ1) is 0. The van der Waals surface area contributed by atoms with Crippen LogP contribution in [0.15, 0.2) is 0 Å². The van der Waals surface area contributed by atoms with Crippen molar-refractivity contribution >= 4 is 45.6 Å². The predicted molar refractivity (Wildman–Crippen MR) is 34.3 cm³/mol. The predicted octanol–water partition coefficient (Wildman–Crippen LogP) is -5.67. The van der Waals surface area contributed by atoms with E-state index in [2.05, 4.69) is 0 Å². The van der Waals surface area contributed by atoms with E-state index in [1.54, 1.807) is 0 Å². The van der Waals surface area contributed by atoms with Crippen molar-refractivity contribution < 1.29 is 58.5 Å². The Morgan fingerprint density at radius 2 is 0.625 bits per heavy atom. The topological polar surface area (TPSA) is 126 Å². The molecule has 0 spiro atoms. The summed E-state index contributed by atoms with van der Waals surface area (Å²) in [5.74, 6) is 0. The molecule has 0 atom stereocenters. The van der Waals surface area contributed by atoms with Crippen LogP contribution in [0.25, 0.3) is 0 Å². The van der Waals surface area contributed by atoms with E-state index in [-0.39, 0.29) is 104 Å². The fourth-order valence-electron chi connectivity index (χ4n) is 0. The first kappa shape index (κ1) is 152. The summed E-state index contributed by atoms with van der Waals surface area (Å²) in [7, 11) is 0. The maximum atomic E-state index is 0. The Hall–Kier alpha value is 2.49. The van der Waals surface area contributed by atoms with Gasteiger partial charge in [0.15, 0.2) is 0 Å². The molecular weight excluding hydrogens is 377 g/mol. The van der Waals surface area contributed by atoms with E-state index >= 15 is 0 Å². The number of rotatable bonds is 0. The summed E-state index contributed by atoms with van der Waals surface area (Å²) >= 11 is 0. The summed E-state index contributed by atoms with van der Waals surface area (Å²) in [5.41, 5.74) is 0. The van der Waals surface area contributed by atoms with Gasteiger partial charge >= 0.3 is 45.6 Å². The Balaban J connectivity index is 0. The van der Waals surface area contributed by atoms with Crippen molar-refractivity contribution in [2.24, 2.45) is 0 Å². The monoisotopic (exact) mass is 389 g/mol. The molecule has 0 aliphatic carbocycles. The summed E-state index contributed by atoms with van der Waals surface area (Å²) in [6, 6.07) is 0. The van der Waals surface area contributed by atoms with Gasteiger partial charge in [-0.3, -0.25) is 0 Å². The van der Waals surface area contributed by atoms with E-state index in [1.165, 1.54) is 0 Å². The molecule has 0 saturated carbocycles. The first-order valence-corrected chi connectivity index (χ1v) is 0. The van der Waals surface area contributed by atoms with Gasteiger partial charge in [-0.2, -0.15) is 0 Å². The zero-order chi connectivity index (χ0) is 0. The Labute approximate surface area is 103 Å². The molecule has 0 saturated heterocycles. The summed E-state index contributed by atoms with van der Waals surface area (Å²) in [5, 5.41) is 0. The molecule has 0 rings (SSSR count). The van der Waals surface area contributed by atoms with Crippen molar-refractivity contribution in [3.05, 3.63) is 0 Å². The number of hydrogen-bond acceptors (Lipinski definition) is 0. The molecule has 4 nitrogen and oxygen atoms in total. The molecule has 0 unspecified atom stereocenters. The van der Waals surface area contributed by atoms with Crippen LogP contribution < -0.4 is 0 Å². The second-order valence-electron chi connectivity index (χ2n) is 0. The molecule has 0 aromatic carbocycles. The van der Waals surface area contributed by atoms with E-state index < -0.39 is 0 Å². The van der Waals surface area contributed by atoms with Crippen LogP contribution in [0.5, 0.6) is 0 Å². The van der Waals surface area contributed by atoms with Crippen LogP contribution in [0, 0.1) is 0 Å². The Morgan fingerprint density at radius 1 is 0.625 bits per heavy atom. The summed E-state index contributed by atoms with van der Waals surface area (Å²) in [4.78, 5) is 0. The van der Waals surface area contributed by atoms with E-state index in [9.17, 15) is 0 Å². The van der Waals surface area contributed by atoms with Crippen molar-refractivity contribution in [2.75, 3.05) is 0 Å². The van der Waals surface area contributed by atoms with Crippen LogP contribution in [0.2, 0.25) is 0 Å². The molecule has 0 amide bonds. The van der Waals surface area contributed by atoms with Crippen molar-refractivity contribution in [2.45, 2.75) is 0 Å². The minimum Gasteiger partial charge on any atom is 0 e. The minimum absolute atomic E-state index is 0. The van der Waals surface area contributed by atoms with E-state index in [4.69, 9.17) is 0 Å². The van der Waals surface area contributed by atoms with Gasteiger partial charge < -0.3 is 21.9 Å². The molecule has 0 aromatic rings. The largest absolute Gasteiger partial charge is 0 e. The summed E-state index contributed by atoms with van der Waals surface area (Å²) in [6.07, 6.45) is 0. The fourth-order valence-corrected chi connectivity index (χ4v) is 0. The SMILES string of the molecule is O.O.O.O.[Cu].[GaH3].[InH3].[Zn]. The standard InChI is InChI=1S/Cu.Ga.In.4H2O.Zn.6H/h;;;4*1H2;;;;;;;. The Morgan fingerprint density at radius 3 is 0.625 bits per heavy atom. The van der Waals surface area contributed by atoms with Crippen LogP contribution in [-0.4, -0.2) is 67.5 Å². The molecule has 0 aliphatic heterocycles. The fraction of sp³-hybridized carbons (Fsp3) is 0. The Kier molecular flexibility index (Phi) is 2100. The summed E-state index contributed by atoms with van der Waals surface area (Å²) in [6.45, 7) is 0. The Bertz CT molecular complexity index is 16.0. The zero-order valence-corrected chi connectivity index (χ0v) is 6.92. The van der Waals surface area contributed by atoms with E-state index in [0.717, 1.165) is 0 Å². The molecule has 8 heavy (non-hydrogen) atoms. The van der Waals surface area contributed by atoms with Gasteiger partial charge in [0.25, 0.3) is 0 Å². The zero-order valence-electron chi connectivity index (χ0n) is 3.01. The van der Waals surface area contributed by atoms with Gasteiger partial charge in [-0.1, -0.05) is 0 Å². The molecule has 0 bridgehead atoms. The van der Waals surface area contributed by atoms with Gasteiger partial charge in [-0.25, -0.2) is 0 Å². The third kappa shape index (κ3) is 76.8. The van der Waals surface area contributed by atoms with Crippen LogP contribution in [-0.2, 0) is 36.5 Å². The maximum Gasteiger partial charge on any atom is 0 e. The van der Waals surface area contributed by atoms with Crippen LogP contribution in [0.4, 0.5) is 0 Å². The van der Waals surface area contributed by atoms with Crippen LogP contribution >= 0.6 is 0 Å². The van der Waals surface area contributed by atoms with Crippen molar-refractivity contribution in [3.8, 4) is 0 Å². The summed E-state index contributed by atoms with van der Waals surface area (Å²) < 4.78 is 0. The second kappa shape index (κ2) is 110. The molecule has 0 aliphatic rings. The molecular formula is H14CuGaInO4Zn. The van der Waals surface area contributed by atoms with Gasteiger partial charge in [-0.15, -0.1) is 0 Å². The molecule has 57 valence electrons. The van der Waals surface area contributed by atoms with Crippen LogP contribution in [0.3, 0.4) is 0 Å². The molecule has 0 fully saturated rings. The first-order valence-electron chi connectivity index (χ1n) is 0. The third-order valence-electron chi connectivity index (χ3n) is 0. The van der Waals surface area contributed by atoms with Gasteiger partial charge in [0.05, 0.1) is 0 Å².